The second-order valence-corrected chi connectivity index (χ2v) is 9.64. The van der Waals surface area contributed by atoms with Crippen molar-refractivity contribution in [1.29, 1.82) is 0 Å². The summed E-state index contributed by atoms with van der Waals surface area (Å²) in [5.74, 6) is -1.10. The molecule has 0 fully saturated rings. The number of allylic oxidation sites excluding steroid dienone is 1. The molecule has 0 bridgehead atoms. The number of benzene rings is 2. The van der Waals surface area contributed by atoms with E-state index in [4.69, 9.17) is 0 Å². The van der Waals surface area contributed by atoms with E-state index in [9.17, 15) is 22.4 Å². The maximum Gasteiger partial charge on any atom is 0.270 e. The van der Waals surface area contributed by atoms with Crippen LogP contribution in [0.1, 0.15) is 32.5 Å². The number of hydrogen-bond acceptors (Lipinski definition) is 6. The first-order valence-corrected chi connectivity index (χ1v) is 11.6. The van der Waals surface area contributed by atoms with Gasteiger partial charge in [-0.1, -0.05) is 12.1 Å². The van der Waals surface area contributed by atoms with Crippen molar-refractivity contribution in [1.82, 2.24) is 0 Å². The first-order valence-electron chi connectivity index (χ1n) is 9.24. The molecule has 0 saturated carbocycles. The number of Topliss-reactive ketones (excluding diaryl/α,β-unsaturated/α-hetero) is 2. The third kappa shape index (κ3) is 4.01. The van der Waals surface area contributed by atoms with Gasteiger partial charge in [0.05, 0.1) is 12.2 Å². The average molecular weight is 457 g/mol. The summed E-state index contributed by atoms with van der Waals surface area (Å²) in [5.41, 5.74) is 1.95. The fraction of sp³-hybridized carbons (Fsp3) is 0.0909. The highest BCUT2D eigenvalue weighted by molar-refractivity contribution is 7.97. The highest BCUT2D eigenvalue weighted by Gasteiger charge is 2.41. The normalized spacial score (nSPS) is 16.3. The summed E-state index contributed by atoms with van der Waals surface area (Å²) in [5, 5.41) is 4.50. The van der Waals surface area contributed by atoms with Crippen molar-refractivity contribution in [2.75, 3.05) is 9.62 Å². The molecule has 0 amide bonds. The monoisotopic (exact) mass is 456 g/mol. The summed E-state index contributed by atoms with van der Waals surface area (Å²) in [7, 11) is -4.16. The van der Waals surface area contributed by atoms with Crippen LogP contribution in [0.25, 0.3) is 0 Å². The van der Waals surface area contributed by atoms with Crippen molar-refractivity contribution in [3.8, 4) is 0 Å². The Morgan fingerprint density at radius 3 is 2.42 bits per heavy atom. The van der Waals surface area contributed by atoms with Gasteiger partial charge in [-0.15, -0.1) is 11.3 Å². The number of anilines is 2. The Bertz CT molecular complexity index is 1290. The Kier molecular flexibility index (Phi) is 5.47. The number of thiophene rings is 1. The van der Waals surface area contributed by atoms with Gasteiger partial charge in [-0.3, -0.25) is 13.9 Å². The fourth-order valence-corrected chi connectivity index (χ4v) is 5.65. The van der Waals surface area contributed by atoms with Crippen LogP contribution in [0.4, 0.5) is 15.8 Å². The van der Waals surface area contributed by atoms with Gasteiger partial charge in [-0.2, -0.15) is 0 Å². The summed E-state index contributed by atoms with van der Waals surface area (Å²) in [6.07, 6.45) is 1.17. The molecule has 0 spiro atoms. The molecule has 6 nitrogen and oxygen atoms in total. The fourth-order valence-electron chi connectivity index (χ4n) is 3.16. The lowest BCUT2D eigenvalue weighted by Gasteiger charge is -2.29. The van der Waals surface area contributed by atoms with Gasteiger partial charge in [-0.25, -0.2) is 12.8 Å². The summed E-state index contributed by atoms with van der Waals surface area (Å²) in [6.45, 7) is 1.41. The van der Waals surface area contributed by atoms with E-state index in [0.717, 1.165) is 15.6 Å². The number of hydrogen-bond donors (Lipinski definition) is 1. The van der Waals surface area contributed by atoms with Crippen LogP contribution in [0.2, 0.25) is 0 Å². The van der Waals surface area contributed by atoms with E-state index in [-0.39, 0.29) is 17.2 Å². The minimum Gasteiger partial charge on any atom is -0.360 e. The second kappa shape index (κ2) is 8.09. The molecule has 2 heterocycles. The van der Waals surface area contributed by atoms with Gasteiger partial charge in [0.25, 0.3) is 10.0 Å². The molecule has 0 aliphatic carbocycles. The highest BCUT2D eigenvalue weighted by atomic mass is 32.2. The number of sulfonamides is 1. The van der Waals surface area contributed by atoms with Crippen LogP contribution in [0.5, 0.6) is 0 Å². The smallest absolute Gasteiger partial charge is 0.270 e. The predicted octanol–water partition coefficient (Wildman–Crippen LogP) is 4.58. The average Bonchev–Trinajstić information content (AvgIpc) is 3.22. The maximum absolute atomic E-state index is 13.3. The van der Waals surface area contributed by atoms with Crippen LogP contribution in [0, 0.1) is 5.82 Å². The van der Waals surface area contributed by atoms with Gasteiger partial charge in [-0.05, 0) is 60.3 Å². The standard InChI is InChI=1S/C22H17FN2O4S2/c1-14(26)16-4-8-18(9-5-16)24-12-20-21(27)22-19(10-11-30-22)25(31(20,28)29)13-15-2-6-17(23)7-3-15/h2-12,24H,13H2,1H3/b20-12-. The molecule has 1 aliphatic heterocycles. The molecule has 31 heavy (non-hydrogen) atoms. The first kappa shape index (κ1) is 21.0. The van der Waals surface area contributed by atoms with Crippen molar-refractivity contribution < 1.29 is 22.4 Å². The van der Waals surface area contributed by atoms with E-state index in [1.54, 1.807) is 35.7 Å². The third-order valence-corrected chi connectivity index (χ3v) is 7.48. The van der Waals surface area contributed by atoms with E-state index < -0.39 is 21.6 Å². The molecule has 1 aromatic heterocycles. The zero-order valence-electron chi connectivity index (χ0n) is 16.3. The SMILES string of the molecule is CC(=O)c1ccc(N/C=C2/C(=O)c3sccc3N(Cc3ccc(F)cc3)S2(=O)=O)cc1. The lowest BCUT2D eigenvalue weighted by molar-refractivity contribution is 0.101. The number of ketones is 2. The number of halogens is 1. The Hall–Kier alpha value is -3.30. The zero-order valence-corrected chi connectivity index (χ0v) is 18.0. The molecular formula is C22H17FN2O4S2. The van der Waals surface area contributed by atoms with Crippen LogP contribution < -0.4 is 9.62 Å². The molecule has 0 unspecified atom stereocenters. The van der Waals surface area contributed by atoms with Crippen LogP contribution in [-0.4, -0.2) is 20.0 Å². The minimum absolute atomic E-state index is 0.0374. The Morgan fingerprint density at radius 1 is 1.10 bits per heavy atom. The van der Waals surface area contributed by atoms with Crippen molar-refractivity contribution in [3.63, 3.8) is 0 Å². The van der Waals surface area contributed by atoms with Crippen LogP contribution in [0.15, 0.2) is 71.1 Å². The van der Waals surface area contributed by atoms with Crippen molar-refractivity contribution in [3.05, 3.63) is 92.9 Å². The maximum atomic E-state index is 13.3. The number of fused-ring (bicyclic) bond motifs is 1. The molecule has 158 valence electrons. The summed E-state index contributed by atoms with van der Waals surface area (Å²) < 4.78 is 41.0. The summed E-state index contributed by atoms with van der Waals surface area (Å²) in [6, 6.07) is 13.6. The molecule has 0 radical (unpaired) electrons. The Balaban J connectivity index is 1.69. The molecule has 3 aromatic rings. The van der Waals surface area contributed by atoms with Crippen LogP contribution in [0.3, 0.4) is 0 Å². The Labute approximate surface area is 182 Å². The summed E-state index contributed by atoms with van der Waals surface area (Å²) >= 11 is 1.16. The van der Waals surface area contributed by atoms with E-state index in [2.05, 4.69) is 5.32 Å². The lowest BCUT2D eigenvalue weighted by Crippen LogP contribution is -2.38. The van der Waals surface area contributed by atoms with E-state index >= 15 is 0 Å². The molecule has 1 N–H and O–H groups in total. The van der Waals surface area contributed by atoms with Gasteiger partial charge < -0.3 is 5.32 Å². The van der Waals surface area contributed by atoms with Gasteiger partial charge in [0.1, 0.15) is 10.7 Å². The molecule has 0 atom stereocenters. The van der Waals surface area contributed by atoms with Gasteiger partial charge in [0.2, 0.25) is 5.78 Å². The number of carbonyl (C=O) groups excluding carboxylic acids is 2. The summed E-state index contributed by atoms with van der Waals surface area (Å²) in [4.78, 5) is 24.2. The van der Waals surface area contributed by atoms with E-state index in [0.29, 0.717) is 27.4 Å². The van der Waals surface area contributed by atoms with Gasteiger partial charge >= 0.3 is 0 Å². The van der Waals surface area contributed by atoms with Crippen LogP contribution >= 0.6 is 11.3 Å². The van der Waals surface area contributed by atoms with Crippen molar-refractivity contribution in [2.45, 2.75) is 13.5 Å². The van der Waals surface area contributed by atoms with Gasteiger partial charge in [0.15, 0.2) is 10.7 Å². The number of rotatable bonds is 5. The highest BCUT2D eigenvalue weighted by Crippen LogP contribution is 2.39. The minimum atomic E-state index is -4.16. The number of carbonyl (C=O) groups is 2. The molecule has 1 aliphatic rings. The van der Waals surface area contributed by atoms with E-state index in [1.807, 2.05) is 0 Å². The van der Waals surface area contributed by atoms with Gasteiger partial charge in [0, 0.05) is 17.5 Å². The molecular weight excluding hydrogens is 439 g/mol. The second-order valence-electron chi connectivity index (χ2n) is 6.89. The first-order chi connectivity index (χ1) is 14.8. The van der Waals surface area contributed by atoms with Crippen LogP contribution in [-0.2, 0) is 16.6 Å². The predicted molar refractivity (Wildman–Crippen MR) is 118 cm³/mol. The van der Waals surface area contributed by atoms with E-state index in [1.165, 1.54) is 37.4 Å². The molecule has 2 aromatic carbocycles. The largest absolute Gasteiger partial charge is 0.360 e. The zero-order chi connectivity index (χ0) is 22.2. The lowest BCUT2D eigenvalue weighted by atomic mass is 10.1. The number of nitrogens with one attached hydrogen (secondary N) is 1. The molecule has 4 rings (SSSR count). The topological polar surface area (TPSA) is 83.6 Å². The molecule has 9 heteroatoms. The molecule has 0 saturated heterocycles. The quantitative estimate of drug-likeness (QED) is 0.449. The Morgan fingerprint density at radius 2 is 1.77 bits per heavy atom. The van der Waals surface area contributed by atoms with Crippen molar-refractivity contribution >= 4 is 44.3 Å². The third-order valence-electron chi connectivity index (χ3n) is 4.81. The van der Waals surface area contributed by atoms with Crippen molar-refractivity contribution in [2.24, 2.45) is 0 Å². The number of nitrogens with zero attached hydrogens (tertiary/aromatic N) is 1.